The van der Waals surface area contributed by atoms with Crippen molar-refractivity contribution >= 4 is 44.8 Å². The van der Waals surface area contributed by atoms with Crippen LogP contribution in [0.1, 0.15) is 10.4 Å². The normalized spacial score (nSPS) is 14.5. The van der Waals surface area contributed by atoms with Gasteiger partial charge in [0.05, 0.1) is 29.3 Å². The lowest BCUT2D eigenvalue weighted by molar-refractivity contribution is -0.120. The molecule has 0 aliphatic carbocycles. The first-order valence-corrected chi connectivity index (χ1v) is 10.8. The van der Waals surface area contributed by atoms with Gasteiger partial charge >= 0.3 is 0 Å². The Morgan fingerprint density at radius 3 is 2.70 bits per heavy atom. The van der Waals surface area contributed by atoms with E-state index in [0.29, 0.717) is 34.0 Å². The highest BCUT2D eigenvalue weighted by molar-refractivity contribution is 7.89. The van der Waals surface area contributed by atoms with Crippen molar-refractivity contribution in [3.8, 4) is 0 Å². The fourth-order valence-corrected chi connectivity index (χ4v) is 4.25. The lowest BCUT2D eigenvalue weighted by Gasteiger charge is -2.29. The van der Waals surface area contributed by atoms with Crippen LogP contribution in [0.15, 0.2) is 47.4 Å². The molecule has 1 aliphatic rings. The van der Waals surface area contributed by atoms with Gasteiger partial charge in [0.2, 0.25) is 5.91 Å². The van der Waals surface area contributed by atoms with Crippen molar-refractivity contribution < 1.29 is 22.8 Å². The molecule has 2 N–H and O–H groups in total. The van der Waals surface area contributed by atoms with Gasteiger partial charge in [0.15, 0.2) is 0 Å². The Morgan fingerprint density at radius 1 is 1.27 bits per heavy atom. The lowest BCUT2D eigenvalue weighted by atomic mass is 10.2. The van der Waals surface area contributed by atoms with E-state index in [1.165, 1.54) is 38.4 Å². The lowest BCUT2D eigenvalue weighted by Crippen LogP contribution is -2.47. The summed E-state index contributed by atoms with van der Waals surface area (Å²) < 4.78 is 25.5. The van der Waals surface area contributed by atoms with Crippen molar-refractivity contribution in [2.75, 3.05) is 44.0 Å². The van der Waals surface area contributed by atoms with Gasteiger partial charge in [0.1, 0.15) is 0 Å². The molecule has 0 saturated carbocycles. The number of hydrogen-bond donors (Lipinski definition) is 2. The second-order valence-corrected chi connectivity index (χ2v) is 8.86. The Balaban J connectivity index is 1.77. The number of carbonyl (C=O) groups excluding carboxylic acids is 2. The first-order valence-electron chi connectivity index (χ1n) is 8.98. The number of anilines is 2. The average Bonchev–Trinajstić information content (AvgIpc) is 2.73. The number of piperazine rings is 1. The molecule has 0 radical (unpaired) electrons. The van der Waals surface area contributed by atoms with E-state index in [2.05, 4.69) is 10.6 Å². The summed E-state index contributed by atoms with van der Waals surface area (Å²) in [5, 5.41) is 5.84. The SMILES string of the molecule is CON(C)S(=O)(=O)c1cccc(C(=O)Nc2ccc(N3CCNC(=O)C3)c(Cl)c2)c1. The Labute approximate surface area is 179 Å². The number of halogens is 1. The third-order valence-corrected chi connectivity index (χ3v) is 6.55. The van der Waals surface area contributed by atoms with Crippen LogP contribution in [0.2, 0.25) is 5.02 Å². The molecule has 9 nitrogen and oxygen atoms in total. The summed E-state index contributed by atoms with van der Waals surface area (Å²) in [5.74, 6) is -0.572. The Bertz CT molecular complexity index is 1080. The molecule has 11 heteroatoms. The summed E-state index contributed by atoms with van der Waals surface area (Å²) in [6.07, 6.45) is 0. The summed E-state index contributed by atoms with van der Waals surface area (Å²) in [6.45, 7) is 1.38. The number of hydrogen-bond acceptors (Lipinski definition) is 6. The molecule has 160 valence electrons. The summed E-state index contributed by atoms with van der Waals surface area (Å²) in [5.41, 5.74) is 1.30. The van der Waals surface area contributed by atoms with Crippen LogP contribution in [0.25, 0.3) is 0 Å². The van der Waals surface area contributed by atoms with E-state index in [4.69, 9.17) is 16.4 Å². The second-order valence-electron chi connectivity index (χ2n) is 6.52. The first-order chi connectivity index (χ1) is 14.2. The van der Waals surface area contributed by atoms with Crippen LogP contribution in [0.5, 0.6) is 0 Å². The van der Waals surface area contributed by atoms with Gasteiger partial charge in [-0.05, 0) is 36.4 Å². The minimum atomic E-state index is -3.88. The van der Waals surface area contributed by atoms with E-state index >= 15 is 0 Å². The van der Waals surface area contributed by atoms with Crippen molar-refractivity contribution in [2.24, 2.45) is 0 Å². The van der Waals surface area contributed by atoms with Crippen molar-refractivity contribution in [1.29, 1.82) is 0 Å². The standard InChI is InChI=1S/C19H21ClN4O5S/c1-23(29-2)30(27,28)15-5-3-4-13(10-15)19(26)22-14-6-7-17(16(20)11-14)24-9-8-21-18(25)12-24/h3-7,10-11H,8-9,12H2,1-2H3,(H,21,25)(H,22,26). The van der Waals surface area contributed by atoms with Crippen LogP contribution in [-0.2, 0) is 19.7 Å². The van der Waals surface area contributed by atoms with E-state index in [1.54, 1.807) is 18.2 Å². The maximum absolute atomic E-state index is 12.6. The van der Waals surface area contributed by atoms with Crippen LogP contribution in [0.3, 0.4) is 0 Å². The molecule has 1 aliphatic heterocycles. The molecule has 0 spiro atoms. The van der Waals surface area contributed by atoms with Gasteiger partial charge in [-0.25, -0.2) is 8.42 Å². The molecular formula is C19H21ClN4O5S. The monoisotopic (exact) mass is 452 g/mol. The van der Waals surface area contributed by atoms with Crippen molar-refractivity contribution in [3.63, 3.8) is 0 Å². The highest BCUT2D eigenvalue weighted by atomic mass is 35.5. The summed E-state index contributed by atoms with van der Waals surface area (Å²) >= 11 is 6.35. The number of carbonyl (C=O) groups is 2. The predicted octanol–water partition coefficient (Wildman–Crippen LogP) is 1.71. The quantitative estimate of drug-likeness (QED) is 0.646. The Kier molecular flexibility index (Phi) is 6.61. The van der Waals surface area contributed by atoms with E-state index in [0.717, 1.165) is 0 Å². The molecular weight excluding hydrogens is 432 g/mol. The number of benzene rings is 2. The van der Waals surface area contributed by atoms with Gasteiger partial charge in [-0.2, -0.15) is 0 Å². The summed E-state index contributed by atoms with van der Waals surface area (Å²) in [4.78, 5) is 30.7. The van der Waals surface area contributed by atoms with Gasteiger partial charge in [-0.1, -0.05) is 22.1 Å². The van der Waals surface area contributed by atoms with E-state index in [-0.39, 0.29) is 22.9 Å². The van der Waals surface area contributed by atoms with Crippen LogP contribution in [0, 0.1) is 0 Å². The largest absolute Gasteiger partial charge is 0.359 e. The molecule has 0 bridgehead atoms. The Hall–Kier alpha value is -2.66. The van der Waals surface area contributed by atoms with Crippen LogP contribution in [-0.4, -0.2) is 58.5 Å². The maximum atomic E-state index is 12.6. The second kappa shape index (κ2) is 9.00. The molecule has 30 heavy (non-hydrogen) atoms. The van der Waals surface area contributed by atoms with Crippen LogP contribution < -0.4 is 15.5 Å². The fraction of sp³-hybridized carbons (Fsp3) is 0.263. The number of rotatable bonds is 6. The zero-order chi connectivity index (χ0) is 21.9. The molecule has 0 unspecified atom stereocenters. The zero-order valence-electron chi connectivity index (χ0n) is 16.4. The maximum Gasteiger partial charge on any atom is 0.264 e. The minimum absolute atomic E-state index is 0.0729. The van der Waals surface area contributed by atoms with Crippen molar-refractivity contribution in [2.45, 2.75) is 4.90 Å². The molecule has 2 amide bonds. The summed E-state index contributed by atoms with van der Waals surface area (Å²) in [7, 11) is -1.38. The molecule has 0 aromatic heterocycles. The number of sulfonamides is 1. The van der Waals surface area contributed by atoms with Crippen LogP contribution >= 0.6 is 11.6 Å². The number of nitrogens with zero attached hydrogens (tertiary/aromatic N) is 2. The molecule has 1 saturated heterocycles. The number of hydroxylamine groups is 1. The van der Waals surface area contributed by atoms with Gasteiger partial charge in [-0.3, -0.25) is 14.4 Å². The van der Waals surface area contributed by atoms with E-state index < -0.39 is 15.9 Å². The van der Waals surface area contributed by atoms with E-state index in [9.17, 15) is 18.0 Å². The molecule has 0 atom stereocenters. The third kappa shape index (κ3) is 4.73. The zero-order valence-corrected chi connectivity index (χ0v) is 18.0. The highest BCUT2D eigenvalue weighted by Gasteiger charge is 2.22. The Morgan fingerprint density at radius 2 is 2.03 bits per heavy atom. The van der Waals surface area contributed by atoms with Crippen molar-refractivity contribution in [3.05, 3.63) is 53.1 Å². The van der Waals surface area contributed by atoms with Crippen molar-refractivity contribution in [1.82, 2.24) is 9.79 Å². The van der Waals surface area contributed by atoms with Gasteiger partial charge in [-0.15, -0.1) is 0 Å². The summed E-state index contributed by atoms with van der Waals surface area (Å²) in [6, 6.07) is 10.6. The average molecular weight is 453 g/mol. The third-order valence-electron chi connectivity index (χ3n) is 4.57. The van der Waals surface area contributed by atoms with Crippen LogP contribution in [0.4, 0.5) is 11.4 Å². The topological polar surface area (TPSA) is 108 Å². The molecule has 2 aromatic carbocycles. The van der Waals surface area contributed by atoms with Gasteiger partial charge in [0, 0.05) is 31.4 Å². The molecule has 1 heterocycles. The first kappa shape index (κ1) is 22.0. The van der Waals surface area contributed by atoms with Gasteiger partial charge in [0.25, 0.3) is 15.9 Å². The predicted molar refractivity (Wildman–Crippen MR) is 113 cm³/mol. The fourth-order valence-electron chi connectivity index (χ4n) is 2.93. The number of amides is 2. The highest BCUT2D eigenvalue weighted by Crippen LogP contribution is 2.29. The number of nitrogens with one attached hydrogen (secondary N) is 2. The smallest absolute Gasteiger partial charge is 0.264 e. The molecule has 1 fully saturated rings. The molecule has 3 rings (SSSR count). The minimum Gasteiger partial charge on any atom is -0.359 e. The molecule has 2 aromatic rings. The van der Waals surface area contributed by atoms with Gasteiger partial charge < -0.3 is 15.5 Å². The van der Waals surface area contributed by atoms with E-state index in [1.807, 2.05) is 4.90 Å².